The third-order valence-corrected chi connectivity index (χ3v) is 14.3. The van der Waals surface area contributed by atoms with E-state index in [2.05, 4.69) is 240 Å². The molecule has 0 N–H and O–H groups in total. The van der Waals surface area contributed by atoms with Crippen molar-refractivity contribution in [2.24, 2.45) is 0 Å². The van der Waals surface area contributed by atoms with E-state index in [1.165, 1.54) is 116 Å². The van der Waals surface area contributed by atoms with Gasteiger partial charge in [0.25, 0.3) is 0 Å². The van der Waals surface area contributed by atoms with Crippen LogP contribution in [0, 0.1) is 0 Å². The number of rotatable bonds is 5. The van der Waals surface area contributed by atoms with Crippen molar-refractivity contribution >= 4 is 43.6 Å². The summed E-state index contributed by atoms with van der Waals surface area (Å²) < 4.78 is 4.85. The largest absolute Gasteiger partial charge is 0.309 e. The first kappa shape index (κ1) is 35.4. The van der Waals surface area contributed by atoms with E-state index in [4.69, 9.17) is 0 Å². The molecule has 2 nitrogen and oxygen atoms in total. The molecule has 64 heavy (non-hydrogen) atoms. The van der Waals surface area contributed by atoms with Crippen LogP contribution in [-0.4, -0.2) is 9.13 Å². The first-order valence-corrected chi connectivity index (χ1v) is 22.4. The van der Waals surface area contributed by atoms with Gasteiger partial charge in [0.15, 0.2) is 0 Å². The maximum Gasteiger partial charge on any atom is 0.0541 e. The highest BCUT2D eigenvalue weighted by Gasteiger charge is 2.43. The Balaban J connectivity index is 1.01. The molecule has 10 aromatic carbocycles. The molecule has 15 rings (SSSR count). The smallest absolute Gasteiger partial charge is 0.0541 e. The van der Waals surface area contributed by atoms with Crippen molar-refractivity contribution in [3.63, 3.8) is 0 Å². The number of benzene rings is 10. The van der Waals surface area contributed by atoms with Crippen LogP contribution in [0.1, 0.15) is 45.2 Å². The Morgan fingerprint density at radius 1 is 0.250 bits per heavy atom. The van der Waals surface area contributed by atoms with E-state index >= 15 is 0 Å². The van der Waals surface area contributed by atoms with E-state index in [1.807, 2.05) is 0 Å². The van der Waals surface area contributed by atoms with Gasteiger partial charge >= 0.3 is 0 Å². The lowest BCUT2D eigenvalue weighted by Crippen LogP contribution is -2.28. The Hall–Kier alpha value is -8.20. The normalized spacial score (nSPS) is 14.9. The van der Waals surface area contributed by atoms with Crippen molar-refractivity contribution in [1.29, 1.82) is 0 Å². The molecule has 2 bridgehead atoms. The van der Waals surface area contributed by atoms with E-state index in [-0.39, 0.29) is 11.8 Å². The molecule has 0 unspecified atom stereocenters. The Morgan fingerprint density at radius 3 is 1.19 bits per heavy atom. The minimum absolute atomic E-state index is 0.115. The standard InChI is InChI=1S/C62H40N2/c1-3-16-39(17-4-1)40-18-15-21-44(36-40)64-56-29-14-12-23-48(56)54-38-42(31-35-58(54)64)46-33-32-45(61-59-49-24-7-9-26-51(49)60(62(46)61)52-27-10-8-25-50(52)59)41-30-34-57-53(37-41)47-22-11-13-28-55(47)63(57)43-19-5-2-6-20-43/h1-38,59-60H. The van der Waals surface area contributed by atoms with Gasteiger partial charge in [0.05, 0.1) is 22.1 Å². The summed E-state index contributed by atoms with van der Waals surface area (Å²) in [6, 6.07) is 85.9. The summed E-state index contributed by atoms with van der Waals surface area (Å²) >= 11 is 0. The number of para-hydroxylation sites is 3. The summed E-state index contributed by atoms with van der Waals surface area (Å²) in [6.07, 6.45) is 0. The average Bonchev–Trinajstić information content (AvgIpc) is 3.88. The van der Waals surface area contributed by atoms with Gasteiger partial charge in [0.1, 0.15) is 0 Å². The van der Waals surface area contributed by atoms with Gasteiger partial charge in [-0.25, -0.2) is 0 Å². The van der Waals surface area contributed by atoms with Crippen LogP contribution in [0.4, 0.5) is 0 Å². The monoisotopic (exact) mass is 812 g/mol. The summed E-state index contributed by atoms with van der Waals surface area (Å²) in [4.78, 5) is 0. The minimum Gasteiger partial charge on any atom is -0.309 e. The number of hydrogen-bond acceptors (Lipinski definition) is 0. The summed E-state index contributed by atoms with van der Waals surface area (Å²) in [7, 11) is 0. The molecular weight excluding hydrogens is 773 g/mol. The van der Waals surface area contributed by atoms with Crippen LogP contribution in [0.15, 0.2) is 231 Å². The molecule has 2 heterocycles. The predicted molar refractivity (Wildman–Crippen MR) is 266 cm³/mol. The van der Waals surface area contributed by atoms with Crippen LogP contribution in [0.25, 0.3) is 88.4 Å². The molecule has 298 valence electrons. The average molecular weight is 813 g/mol. The lowest BCUT2D eigenvalue weighted by molar-refractivity contribution is 0.758. The van der Waals surface area contributed by atoms with Gasteiger partial charge in [-0.3, -0.25) is 0 Å². The molecule has 0 amide bonds. The maximum absolute atomic E-state index is 2.47. The van der Waals surface area contributed by atoms with Crippen LogP contribution in [0.2, 0.25) is 0 Å². The molecular formula is C62H40N2. The van der Waals surface area contributed by atoms with E-state index < -0.39 is 0 Å². The van der Waals surface area contributed by atoms with Gasteiger partial charge in [-0.1, -0.05) is 170 Å². The molecule has 3 aliphatic rings. The van der Waals surface area contributed by atoms with Crippen LogP contribution in [-0.2, 0) is 0 Å². The van der Waals surface area contributed by atoms with Gasteiger partial charge in [-0.05, 0) is 127 Å². The van der Waals surface area contributed by atoms with Crippen molar-refractivity contribution in [3.05, 3.63) is 264 Å². The Morgan fingerprint density at radius 2 is 0.656 bits per heavy atom. The van der Waals surface area contributed by atoms with Gasteiger partial charge < -0.3 is 9.13 Å². The third-order valence-electron chi connectivity index (χ3n) is 14.3. The molecule has 0 spiro atoms. The third kappa shape index (κ3) is 5.02. The molecule has 2 aromatic heterocycles. The molecule has 3 aliphatic carbocycles. The molecule has 0 saturated carbocycles. The summed E-state index contributed by atoms with van der Waals surface area (Å²) in [5, 5.41) is 5.06. The summed E-state index contributed by atoms with van der Waals surface area (Å²) in [6.45, 7) is 0. The maximum atomic E-state index is 2.47. The zero-order valence-electron chi connectivity index (χ0n) is 35.0. The van der Waals surface area contributed by atoms with Crippen molar-refractivity contribution in [2.45, 2.75) is 11.8 Å². The molecule has 0 atom stereocenters. The number of nitrogens with zero attached hydrogens (tertiary/aromatic N) is 2. The second kappa shape index (κ2) is 13.6. The molecule has 0 saturated heterocycles. The number of fused-ring (bicyclic) bond motifs is 6. The molecule has 0 fully saturated rings. The van der Waals surface area contributed by atoms with Gasteiger partial charge in [-0.15, -0.1) is 0 Å². The lowest BCUT2D eigenvalue weighted by atomic mass is 9.58. The topological polar surface area (TPSA) is 9.86 Å². The van der Waals surface area contributed by atoms with Gasteiger partial charge in [-0.2, -0.15) is 0 Å². The Bertz CT molecular complexity index is 3800. The van der Waals surface area contributed by atoms with Crippen LogP contribution in [0.3, 0.4) is 0 Å². The second-order valence-electron chi connectivity index (χ2n) is 17.5. The number of hydrogen-bond donors (Lipinski definition) is 0. The van der Waals surface area contributed by atoms with Crippen molar-refractivity contribution < 1.29 is 0 Å². The SMILES string of the molecule is c1ccc(-c2cccc(-n3c4ccccc4c4cc(-c5ccc(-c6ccc7c(c6)c6ccccc6n7-c6ccccc6)c6c5C5c7ccccc7C6c6ccccc65)ccc43)c2)cc1. The van der Waals surface area contributed by atoms with Gasteiger partial charge in [0.2, 0.25) is 0 Å². The molecule has 0 aliphatic heterocycles. The predicted octanol–water partition coefficient (Wildman–Crippen LogP) is 15.9. The summed E-state index contributed by atoms with van der Waals surface area (Å²) in [5.74, 6) is 0.232. The zero-order valence-corrected chi connectivity index (χ0v) is 35.0. The number of aromatic nitrogens is 2. The van der Waals surface area contributed by atoms with E-state index in [0.717, 1.165) is 5.69 Å². The quantitative estimate of drug-likeness (QED) is 0.164. The van der Waals surface area contributed by atoms with Gasteiger partial charge in [0, 0.05) is 44.8 Å². The van der Waals surface area contributed by atoms with Crippen LogP contribution >= 0.6 is 0 Å². The van der Waals surface area contributed by atoms with Crippen LogP contribution in [0.5, 0.6) is 0 Å². The highest BCUT2D eigenvalue weighted by Crippen LogP contribution is 2.60. The minimum atomic E-state index is 0.115. The Labute approximate surface area is 371 Å². The van der Waals surface area contributed by atoms with Crippen molar-refractivity contribution in [2.75, 3.05) is 0 Å². The first-order chi connectivity index (χ1) is 31.8. The van der Waals surface area contributed by atoms with Crippen molar-refractivity contribution in [1.82, 2.24) is 9.13 Å². The fourth-order valence-corrected chi connectivity index (χ4v) is 11.7. The zero-order chi connectivity index (χ0) is 41.9. The Kier molecular flexibility index (Phi) is 7.55. The molecule has 2 heteroatoms. The second-order valence-corrected chi connectivity index (χ2v) is 17.5. The first-order valence-electron chi connectivity index (χ1n) is 22.4. The fraction of sp³-hybridized carbons (Fsp3) is 0.0323. The molecule has 12 aromatic rings. The van der Waals surface area contributed by atoms with E-state index in [9.17, 15) is 0 Å². The fourth-order valence-electron chi connectivity index (χ4n) is 11.7. The molecule has 0 radical (unpaired) electrons. The van der Waals surface area contributed by atoms with E-state index in [0.29, 0.717) is 0 Å². The summed E-state index contributed by atoms with van der Waals surface area (Å²) in [5.41, 5.74) is 23.3. The van der Waals surface area contributed by atoms with Crippen molar-refractivity contribution in [3.8, 4) is 44.8 Å². The lowest BCUT2D eigenvalue weighted by Gasteiger charge is -2.44. The highest BCUT2D eigenvalue weighted by atomic mass is 15.0. The van der Waals surface area contributed by atoms with E-state index in [1.54, 1.807) is 0 Å². The highest BCUT2D eigenvalue weighted by molar-refractivity contribution is 6.12. The van der Waals surface area contributed by atoms with Crippen LogP contribution < -0.4 is 0 Å².